The summed E-state index contributed by atoms with van der Waals surface area (Å²) in [6.07, 6.45) is -2.53. The number of fused-ring (bicyclic) bond motifs is 2. The molecule has 1 atom stereocenters. The number of thiophene rings is 1. The zero-order chi connectivity index (χ0) is 26.3. The van der Waals surface area contributed by atoms with Gasteiger partial charge in [-0.15, -0.1) is 11.3 Å². The summed E-state index contributed by atoms with van der Waals surface area (Å²) in [5, 5.41) is 23.8. The lowest BCUT2D eigenvalue weighted by molar-refractivity contribution is -0.136. The van der Waals surface area contributed by atoms with Gasteiger partial charge in [-0.2, -0.15) is 13.2 Å². The second-order valence-corrected chi connectivity index (χ2v) is 10.0. The quantitative estimate of drug-likeness (QED) is 0.288. The lowest BCUT2D eigenvalue weighted by Crippen LogP contribution is -2.44. The molecule has 5 rings (SSSR count). The van der Waals surface area contributed by atoms with Crippen molar-refractivity contribution >= 4 is 49.9 Å². The minimum atomic E-state index is -4.71. The van der Waals surface area contributed by atoms with E-state index in [2.05, 4.69) is 15.3 Å². The number of hydrogen-bond acceptors (Lipinski definition) is 8. The number of carboxylic acid groups (broad SMARTS) is 1. The van der Waals surface area contributed by atoms with Crippen LogP contribution in [-0.2, 0) is 6.18 Å². The number of alkyl halides is 3. The number of halogens is 3. The highest BCUT2D eigenvalue weighted by Gasteiger charge is 2.37. The highest BCUT2D eigenvalue weighted by molar-refractivity contribution is 7.21. The summed E-state index contributed by atoms with van der Waals surface area (Å²) in [6, 6.07) is 10.6. The van der Waals surface area contributed by atoms with E-state index in [1.807, 2.05) is 30.3 Å². The zero-order valence-corrected chi connectivity index (χ0v) is 20.3. The number of nitrogens with two attached hydrogens (primary N) is 1. The standard InChI is InChI=1S/C25H24F3N5O3S/c26-25(27,28)16-10-19(32-23-20(16)21(29)22(37-23)24(35)36)33-7-5-15(6-8-33)30-12-18(34)14-9-13-3-1-2-4-17(13)31-11-14/h1-4,9-11,15,18,30,34H,5-8,12,29H2,(H,35,36). The van der Waals surface area contributed by atoms with Gasteiger partial charge in [0.1, 0.15) is 15.5 Å². The van der Waals surface area contributed by atoms with Gasteiger partial charge in [-0.3, -0.25) is 4.98 Å². The fourth-order valence-corrected chi connectivity index (χ4v) is 5.59. The van der Waals surface area contributed by atoms with E-state index in [1.54, 1.807) is 11.1 Å². The second kappa shape index (κ2) is 9.77. The number of nitrogens with one attached hydrogen (secondary N) is 1. The average molecular weight is 532 g/mol. The predicted octanol–water partition coefficient (Wildman–Crippen LogP) is 4.44. The molecule has 0 amide bonds. The number of nitrogens with zero attached hydrogens (tertiary/aromatic N) is 3. The van der Waals surface area contributed by atoms with E-state index in [0.717, 1.165) is 17.0 Å². The molecule has 1 aliphatic heterocycles. The third kappa shape index (κ3) is 5.04. The number of piperidine rings is 1. The molecule has 0 radical (unpaired) electrons. The first-order chi connectivity index (χ1) is 17.6. The number of aliphatic hydroxyl groups excluding tert-OH is 1. The van der Waals surface area contributed by atoms with Gasteiger partial charge in [-0.25, -0.2) is 9.78 Å². The minimum absolute atomic E-state index is 0.0490. The molecule has 0 saturated carbocycles. The van der Waals surface area contributed by atoms with Crippen molar-refractivity contribution in [2.45, 2.75) is 31.2 Å². The van der Waals surface area contributed by atoms with E-state index in [9.17, 15) is 28.2 Å². The lowest BCUT2D eigenvalue weighted by atomic mass is 10.0. The Balaban J connectivity index is 1.26. The Kier molecular flexibility index (Phi) is 6.65. The normalized spacial score (nSPS) is 15.9. The summed E-state index contributed by atoms with van der Waals surface area (Å²) >= 11 is 0.643. The monoisotopic (exact) mass is 531 g/mol. The third-order valence-corrected chi connectivity index (χ3v) is 7.69. The van der Waals surface area contributed by atoms with Gasteiger partial charge in [0.25, 0.3) is 0 Å². The van der Waals surface area contributed by atoms with E-state index in [-0.39, 0.29) is 27.0 Å². The molecule has 12 heteroatoms. The van der Waals surface area contributed by atoms with Crippen molar-refractivity contribution in [3.8, 4) is 0 Å². The molecule has 0 spiro atoms. The van der Waals surface area contributed by atoms with Crippen molar-refractivity contribution in [3.05, 3.63) is 58.6 Å². The summed E-state index contributed by atoms with van der Waals surface area (Å²) in [5.74, 6) is -1.25. The number of aromatic nitrogens is 2. The summed E-state index contributed by atoms with van der Waals surface area (Å²) in [7, 11) is 0. The first-order valence-electron chi connectivity index (χ1n) is 11.7. The Hall–Kier alpha value is -3.48. The number of rotatable bonds is 6. The van der Waals surface area contributed by atoms with Crippen LogP contribution in [0.1, 0.15) is 39.7 Å². The van der Waals surface area contributed by atoms with Crippen molar-refractivity contribution in [1.82, 2.24) is 15.3 Å². The second-order valence-electron chi connectivity index (χ2n) is 9.00. The first-order valence-corrected chi connectivity index (χ1v) is 12.5. The zero-order valence-electron chi connectivity index (χ0n) is 19.5. The maximum atomic E-state index is 13.8. The van der Waals surface area contributed by atoms with Crippen LogP contribution in [0.3, 0.4) is 0 Å². The third-order valence-electron chi connectivity index (χ3n) is 6.60. The SMILES string of the molecule is Nc1c(C(=O)O)sc2nc(N3CCC(NCC(O)c4cnc5ccccc5c4)CC3)cc(C(F)(F)F)c12. The summed E-state index contributed by atoms with van der Waals surface area (Å²) < 4.78 is 41.5. The first kappa shape index (κ1) is 25.2. The summed E-state index contributed by atoms with van der Waals surface area (Å²) in [5.41, 5.74) is 5.91. The molecule has 4 heterocycles. The van der Waals surface area contributed by atoms with Crippen LogP contribution >= 0.6 is 11.3 Å². The molecule has 194 valence electrons. The van der Waals surface area contributed by atoms with Crippen LogP contribution in [0.5, 0.6) is 0 Å². The molecule has 3 aromatic heterocycles. The Labute approximate surface area is 213 Å². The van der Waals surface area contributed by atoms with Crippen LogP contribution in [0, 0.1) is 0 Å². The van der Waals surface area contributed by atoms with Crippen LogP contribution in [-0.4, -0.2) is 51.8 Å². The van der Waals surface area contributed by atoms with Gasteiger partial charge in [0.2, 0.25) is 0 Å². The van der Waals surface area contributed by atoms with Crippen molar-refractivity contribution in [2.75, 3.05) is 30.3 Å². The smallest absolute Gasteiger partial charge is 0.417 e. The van der Waals surface area contributed by atoms with Gasteiger partial charge in [-0.1, -0.05) is 18.2 Å². The topological polar surface area (TPSA) is 125 Å². The maximum Gasteiger partial charge on any atom is 0.417 e. The number of nitrogen functional groups attached to an aromatic ring is 1. The van der Waals surface area contributed by atoms with E-state index in [0.29, 0.717) is 49.4 Å². The molecule has 1 aromatic carbocycles. The lowest BCUT2D eigenvalue weighted by Gasteiger charge is -2.34. The fourth-order valence-electron chi connectivity index (χ4n) is 4.63. The molecular weight excluding hydrogens is 507 g/mol. The number of aromatic carboxylic acids is 1. The van der Waals surface area contributed by atoms with Gasteiger partial charge in [0.05, 0.1) is 22.9 Å². The fraction of sp³-hybridized carbons (Fsp3) is 0.320. The summed E-state index contributed by atoms with van der Waals surface area (Å²) in [6.45, 7) is 1.22. The number of aliphatic hydroxyl groups is 1. The molecule has 1 aliphatic rings. The van der Waals surface area contributed by atoms with Gasteiger partial charge in [-0.05, 0) is 31.0 Å². The van der Waals surface area contributed by atoms with E-state index in [1.165, 1.54) is 0 Å². The highest BCUT2D eigenvalue weighted by atomic mass is 32.1. The summed E-state index contributed by atoms with van der Waals surface area (Å²) in [4.78, 5) is 21.5. The van der Waals surface area contributed by atoms with Gasteiger partial charge < -0.3 is 26.2 Å². The molecule has 0 aliphatic carbocycles. The van der Waals surface area contributed by atoms with Crippen molar-refractivity contribution < 1.29 is 28.2 Å². The van der Waals surface area contributed by atoms with Gasteiger partial charge in [0.15, 0.2) is 0 Å². The van der Waals surface area contributed by atoms with Gasteiger partial charge in [0, 0.05) is 48.2 Å². The molecule has 1 saturated heterocycles. The highest BCUT2D eigenvalue weighted by Crippen LogP contribution is 2.43. The molecule has 0 bridgehead atoms. The number of benzene rings is 1. The van der Waals surface area contributed by atoms with E-state index in [4.69, 9.17) is 5.73 Å². The van der Waals surface area contributed by atoms with Crippen LogP contribution < -0.4 is 16.0 Å². The number of pyridine rings is 2. The minimum Gasteiger partial charge on any atom is -0.477 e. The van der Waals surface area contributed by atoms with Crippen molar-refractivity contribution in [2.24, 2.45) is 0 Å². The van der Waals surface area contributed by atoms with Crippen LogP contribution in [0.15, 0.2) is 42.6 Å². The largest absolute Gasteiger partial charge is 0.477 e. The van der Waals surface area contributed by atoms with E-state index >= 15 is 0 Å². The molecule has 8 nitrogen and oxygen atoms in total. The van der Waals surface area contributed by atoms with Gasteiger partial charge >= 0.3 is 12.1 Å². The number of para-hydroxylation sites is 1. The van der Waals surface area contributed by atoms with Crippen molar-refractivity contribution in [1.29, 1.82) is 0 Å². The Morgan fingerprint density at radius 3 is 2.68 bits per heavy atom. The Morgan fingerprint density at radius 2 is 1.97 bits per heavy atom. The Morgan fingerprint density at radius 1 is 1.24 bits per heavy atom. The van der Waals surface area contributed by atoms with Crippen LogP contribution in [0.4, 0.5) is 24.7 Å². The van der Waals surface area contributed by atoms with Crippen LogP contribution in [0.2, 0.25) is 0 Å². The molecule has 1 unspecified atom stereocenters. The number of hydrogen-bond donors (Lipinski definition) is 4. The number of anilines is 2. The van der Waals surface area contributed by atoms with E-state index < -0.39 is 29.5 Å². The van der Waals surface area contributed by atoms with Crippen LogP contribution in [0.25, 0.3) is 21.1 Å². The molecule has 37 heavy (non-hydrogen) atoms. The Bertz CT molecular complexity index is 1470. The molecular formula is C25H24F3N5O3S. The molecule has 4 aromatic rings. The molecule has 5 N–H and O–H groups in total. The predicted molar refractivity (Wildman–Crippen MR) is 136 cm³/mol. The van der Waals surface area contributed by atoms with Crippen molar-refractivity contribution in [3.63, 3.8) is 0 Å². The maximum absolute atomic E-state index is 13.8. The number of carbonyl (C=O) groups is 1. The number of carboxylic acids is 1. The molecule has 1 fully saturated rings. The average Bonchev–Trinajstić information content (AvgIpc) is 3.22.